The van der Waals surface area contributed by atoms with Gasteiger partial charge in [-0.25, -0.2) is 0 Å². The summed E-state index contributed by atoms with van der Waals surface area (Å²) >= 11 is 0. The zero-order chi connectivity index (χ0) is 10.6. The minimum absolute atomic E-state index is 0.244. The minimum atomic E-state index is 0.244. The molecule has 1 rings (SSSR count). The maximum atomic E-state index is 5.79. The molecule has 3 heteroatoms. The van der Waals surface area contributed by atoms with Crippen LogP contribution < -0.4 is 5.32 Å². The fraction of sp³-hybridized carbons (Fsp3) is 1.00. The average Bonchev–Trinajstić information content (AvgIpc) is 2.55. The summed E-state index contributed by atoms with van der Waals surface area (Å²) in [5.74, 6) is 0. The van der Waals surface area contributed by atoms with Crippen LogP contribution in [-0.2, 0) is 9.47 Å². The molecule has 1 N–H and O–H groups in total. The van der Waals surface area contributed by atoms with Gasteiger partial charge in [-0.3, -0.25) is 0 Å². The van der Waals surface area contributed by atoms with Crippen molar-refractivity contribution in [2.24, 2.45) is 5.41 Å². The quantitative estimate of drug-likeness (QED) is 0.746. The fourth-order valence-electron chi connectivity index (χ4n) is 1.64. The molecule has 0 amide bonds. The molecule has 0 aromatic heterocycles. The van der Waals surface area contributed by atoms with Crippen molar-refractivity contribution < 1.29 is 9.47 Å². The van der Waals surface area contributed by atoms with Gasteiger partial charge in [0.2, 0.25) is 0 Å². The molecule has 0 aliphatic carbocycles. The minimum Gasteiger partial charge on any atom is -0.379 e. The summed E-state index contributed by atoms with van der Waals surface area (Å²) in [6, 6.07) is 0.406. The monoisotopic (exact) mass is 201 g/mol. The van der Waals surface area contributed by atoms with Crippen molar-refractivity contribution in [2.45, 2.75) is 39.3 Å². The number of nitrogens with one attached hydrogen (secondary N) is 1. The van der Waals surface area contributed by atoms with Crippen LogP contribution in [-0.4, -0.2) is 39.0 Å². The van der Waals surface area contributed by atoms with E-state index in [0.29, 0.717) is 12.1 Å². The van der Waals surface area contributed by atoms with E-state index in [2.05, 4.69) is 26.1 Å². The standard InChI is InChI=1S/C11H23NO2/c1-11(2,3)10(12-4)8-14-9-5-6-13-7-9/h9-10,12H,5-8H2,1-4H3. The molecule has 3 nitrogen and oxygen atoms in total. The Morgan fingerprint density at radius 3 is 2.64 bits per heavy atom. The summed E-state index contributed by atoms with van der Waals surface area (Å²) in [7, 11) is 1.99. The van der Waals surface area contributed by atoms with Gasteiger partial charge in [-0.2, -0.15) is 0 Å². The lowest BCUT2D eigenvalue weighted by Crippen LogP contribution is -2.42. The number of rotatable bonds is 4. The Balaban J connectivity index is 2.26. The molecule has 1 aliphatic rings. The Hall–Kier alpha value is -0.120. The van der Waals surface area contributed by atoms with E-state index in [9.17, 15) is 0 Å². The Morgan fingerprint density at radius 1 is 1.50 bits per heavy atom. The lowest BCUT2D eigenvalue weighted by Gasteiger charge is -2.30. The predicted molar refractivity (Wildman–Crippen MR) is 57.5 cm³/mol. The van der Waals surface area contributed by atoms with Crippen LogP contribution in [0.4, 0.5) is 0 Å². The Bertz CT molecular complexity index is 159. The second kappa shape index (κ2) is 5.10. The van der Waals surface area contributed by atoms with Gasteiger partial charge in [-0.15, -0.1) is 0 Å². The molecule has 0 radical (unpaired) electrons. The molecule has 0 aromatic rings. The lowest BCUT2D eigenvalue weighted by atomic mass is 9.87. The summed E-state index contributed by atoms with van der Waals surface area (Å²) in [6.07, 6.45) is 1.36. The third-order valence-corrected chi connectivity index (χ3v) is 2.78. The second-order valence-corrected chi connectivity index (χ2v) is 5.03. The lowest BCUT2D eigenvalue weighted by molar-refractivity contribution is 0.0132. The molecular weight excluding hydrogens is 178 g/mol. The molecular formula is C11H23NO2. The zero-order valence-electron chi connectivity index (χ0n) is 9.80. The molecule has 1 fully saturated rings. The van der Waals surface area contributed by atoms with Crippen LogP contribution in [0.25, 0.3) is 0 Å². The van der Waals surface area contributed by atoms with Crippen LogP contribution in [0.5, 0.6) is 0 Å². The van der Waals surface area contributed by atoms with Crippen molar-refractivity contribution in [3.05, 3.63) is 0 Å². The maximum absolute atomic E-state index is 5.79. The van der Waals surface area contributed by atoms with E-state index in [1.54, 1.807) is 0 Å². The topological polar surface area (TPSA) is 30.5 Å². The van der Waals surface area contributed by atoms with E-state index in [1.165, 1.54) is 0 Å². The molecule has 0 saturated carbocycles. The summed E-state index contributed by atoms with van der Waals surface area (Å²) in [5.41, 5.74) is 0.244. The van der Waals surface area contributed by atoms with Crippen molar-refractivity contribution in [3.8, 4) is 0 Å². The van der Waals surface area contributed by atoms with Crippen LogP contribution in [0.1, 0.15) is 27.2 Å². The van der Waals surface area contributed by atoms with Crippen LogP contribution >= 0.6 is 0 Å². The number of likely N-dealkylation sites (N-methyl/N-ethyl adjacent to an activating group) is 1. The van der Waals surface area contributed by atoms with Gasteiger partial charge in [-0.05, 0) is 18.9 Å². The van der Waals surface area contributed by atoms with Gasteiger partial charge in [0, 0.05) is 12.6 Å². The first-order valence-corrected chi connectivity index (χ1v) is 5.40. The molecule has 0 bridgehead atoms. The third kappa shape index (κ3) is 3.56. The molecule has 2 unspecified atom stereocenters. The molecule has 84 valence electrons. The van der Waals surface area contributed by atoms with Gasteiger partial charge < -0.3 is 14.8 Å². The Labute approximate surface area is 87.2 Å². The molecule has 0 spiro atoms. The zero-order valence-corrected chi connectivity index (χ0v) is 9.80. The summed E-state index contributed by atoms with van der Waals surface area (Å²) in [4.78, 5) is 0. The van der Waals surface area contributed by atoms with Gasteiger partial charge in [0.15, 0.2) is 0 Å². The highest BCUT2D eigenvalue weighted by molar-refractivity contribution is 4.79. The van der Waals surface area contributed by atoms with E-state index < -0.39 is 0 Å². The highest BCUT2D eigenvalue weighted by Crippen LogP contribution is 2.20. The summed E-state index contributed by atoms with van der Waals surface area (Å²) < 4.78 is 11.1. The molecule has 2 atom stereocenters. The Kier molecular flexibility index (Phi) is 4.35. The molecule has 0 aromatic carbocycles. The smallest absolute Gasteiger partial charge is 0.0831 e. The van der Waals surface area contributed by atoms with Crippen molar-refractivity contribution in [3.63, 3.8) is 0 Å². The van der Waals surface area contributed by atoms with Gasteiger partial charge >= 0.3 is 0 Å². The highest BCUT2D eigenvalue weighted by Gasteiger charge is 2.25. The van der Waals surface area contributed by atoms with Crippen LogP contribution in [0.15, 0.2) is 0 Å². The number of ether oxygens (including phenoxy) is 2. The first-order chi connectivity index (χ1) is 6.54. The predicted octanol–water partition coefficient (Wildman–Crippen LogP) is 1.43. The van der Waals surface area contributed by atoms with Gasteiger partial charge in [0.1, 0.15) is 0 Å². The first kappa shape index (κ1) is 12.0. The Morgan fingerprint density at radius 2 is 2.21 bits per heavy atom. The summed E-state index contributed by atoms with van der Waals surface area (Å²) in [6.45, 7) is 9.06. The van der Waals surface area contributed by atoms with Gasteiger partial charge in [0.05, 0.1) is 19.3 Å². The molecule has 14 heavy (non-hydrogen) atoms. The van der Waals surface area contributed by atoms with E-state index in [4.69, 9.17) is 9.47 Å². The van der Waals surface area contributed by atoms with Gasteiger partial charge in [0.25, 0.3) is 0 Å². The van der Waals surface area contributed by atoms with Crippen LogP contribution in [0.2, 0.25) is 0 Å². The first-order valence-electron chi connectivity index (χ1n) is 5.40. The van der Waals surface area contributed by atoms with Crippen LogP contribution in [0.3, 0.4) is 0 Å². The van der Waals surface area contributed by atoms with E-state index in [1.807, 2.05) is 7.05 Å². The second-order valence-electron chi connectivity index (χ2n) is 5.03. The van der Waals surface area contributed by atoms with E-state index in [0.717, 1.165) is 26.2 Å². The fourth-order valence-corrected chi connectivity index (χ4v) is 1.64. The SMILES string of the molecule is CNC(COC1CCOC1)C(C)(C)C. The maximum Gasteiger partial charge on any atom is 0.0831 e. The highest BCUT2D eigenvalue weighted by atomic mass is 16.5. The van der Waals surface area contributed by atoms with E-state index in [-0.39, 0.29) is 5.41 Å². The van der Waals surface area contributed by atoms with Crippen molar-refractivity contribution in [2.75, 3.05) is 26.9 Å². The van der Waals surface area contributed by atoms with Crippen LogP contribution in [0, 0.1) is 5.41 Å². The summed E-state index contributed by atoms with van der Waals surface area (Å²) in [5, 5.41) is 3.30. The average molecular weight is 201 g/mol. The van der Waals surface area contributed by atoms with Crippen molar-refractivity contribution in [1.29, 1.82) is 0 Å². The normalized spacial score (nSPS) is 25.3. The number of hydrogen-bond donors (Lipinski definition) is 1. The third-order valence-electron chi connectivity index (χ3n) is 2.78. The van der Waals surface area contributed by atoms with Crippen molar-refractivity contribution in [1.82, 2.24) is 5.32 Å². The van der Waals surface area contributed by atoms with Gasteiger partial charge in [-0.1, -0.05) is 20.8 Å². The number of hydrogen-bond acceptors (Lipinski definition) is 3. The molecule has 1 heterocycles. The van der Waals surface area contributed by atoms with Crippen molar-refractivity contribution >= 4 is 0 Å². The molecule has 1 aliphatic heterocycles. The largest absolute Gasteiger partial charge is 0.379 e. The molecule has 1 saturated heterocycles. The van der Waals surface area contributed by atoms with E-state index >= 15 is 0 Å².